The monoisotopic (exact) mass is 708 g/mol. The third-order valence-corrected chi connectivity index (χ3v) is 12.6. The van der Waals surface area contributed by atoms with Gasteiger partial charge in [-0.05, 0) is 146 Å². The Morgan fingerprint density at radius 1 is 0.214 bits per heavy atom. The van der Waals surface area contributed by atoms with Crippen LogP contribution in [0, 0.1) is 13.8 Å². The molecule has 56 heavy (non-hydrogen) atoms. The van der Waals surface area contributed by atoms with E-state index in [1.165, 1.54) is 132 Å². The van der Waals surface area contributed by atoms with Crippen molar-refractivity contribution in [2.24, 2.45) is 0 Å². The van der Waals surface area contributed by atoms with Gasteiger partial charge in [-0.15, -0.1) is 0 Å². The number of hydrogen-bond donors (Lipinski definition) is 0. The summed E-state index contributed by atoms with van der Waals surface area (Å²) in [6.45, 7) is 4.52. The summed E-state index contributed by atoms with van der Waals surface area (Å²) in [7, 11) is 0. The van der Waals surface area contributed by atoms with Gasteiger partial charge < -0.3 is 0 Å². The molecule has 0 nitrogen and oxygen atoms in total. The summed E-state index contributed by atoms with van der Waals surface area (Å²) in [5, 5.41) is 7.90. The Labute approximate surface area is 327 Å². The van der Waals surface area contributed by atoms with Crippen LogP contribution in [0.2, 0.25) is 0 Å². The molecule has 2 aliphatic carbocycles. The number of benzene rings is 10. The van der Waals surface area contributed by atoms with E-state index in [-0.39, 0.29) is 0 Å². The van der Waals surface area contributed by atoms with Crippen molar-refractivity contribution >= 4 is 32.3 Å². The van der Waals surface area contributed by atoms with Crippen molar-refractivity contribution in [3.8, 4) is 89.0 Å². The summed E-state index contributed by atoms with van der Waals surface area (Å²) in [5.41, 5.74) is 23.6. The van der Waals surface area contributed by atoms with Crippen LogP contribution in [0.3, 0.4) is 0 Å². The van der Waals surface area contributed by atoms with E-state index in [0.717, 1.165) is 0 Å². The summed E-state index contributed by atoms with van der Waals surface area (Å²) < 4.78 is 0. The third-order valence-electron chi connectivity index (χ3n) is 12.6. The maximum atomic E-state index is 2.45. The number of fused-ring (bicyclic) bond motifs is 8. The lowest BCUT2D eigenvalue weighted by Crippen LogP contribution is -1.96. The average molecular weight is 709 g/mol. The molecule has 0 saturated heterocycles. The first-order chi connectivity index (χ1) is 27.7. The highest BCUT2D eigenvalue weighted by Gasteiger charge is 2.37. The molecule has 0 unspecified atom stereocenters. The molecule has 10 aromatic rings. The minimum atomic E-state index is 1.25. The van der Waals surface area contributed by atoms with E-state index in [1.807, 2.05) is 0 Å². The van der Waals surface area contributed by atoms with Gasteiger partial charge in [0.2, 0.25) is 0 Å². The van der Waals surface area contributed by atoms with Gasteiger partial charge in [0, 0.05) is 0 Å². The minimum Gasteiger partial charge on any atom is -0.0622 e. The van der Waals surface area contributed by atoms with Gasteiger partial charge in [-0.2, -0.15) is 0 Å². The molecule has 0 N–H and O–H groups in total. The first-order valence-corrected chi connectivity index (χ1v) is 19.7. The van der Waals surface area contributed by atoms with E-state index in [2.05, 4.69) is 196 Å². The van der Waals surface area contributed by atoms with E-state index >= 15 is 0 Å². The van der Waals surface area contributed by atoms with Gasteiger partial charge in [0.15, 0.2) is 0 Å². The van der Waals surface area contributed by atoms with Crippen LogP contribution < -0.4 is 0 Å². The van der Waals surface area contributed by atoms with Crippen molar-refractivity contribution in [1.29, 1.82) is 0 Å². The fourth-order valence-corrected chi connectivity index (χ4v) is 10.4. The SMILES string of the molecule is Cc1ccccc1-c1c2c(c(-c3ccccc3C)c3ccccc13)-c1ccc3c4c(ccc-2c14)-c1c-3c(-c2ccccc2)c2ccccc2c1-c1ccccc1. The fourth-order valence-electron chi connectivity index (χ4n) is 10.4. The smallest absolute Gasteiger partial charge is 0.000730 e. The largest absolute Gasteiger partial charge is 0.0622 e. The molecule has 0 aliphatic heterocycles. The molecule has 10 aromatic carbocycles. The molecule has 0 spiro atoms. The second-order valence-electron chi connectivity index (χ2n) is 15.5. The molecule has 0 heteroatoms. The van der Waals surface area contributed by atoms with Gasteiger partial charge in [0.25, 0.3) is 0 Å². The molecule has 260 valence electrons. The number of rotatable bonds is 4. The predicted octanol–water partition coefficient (Wildman–Crippen LogP) is 15.7. The molecule has 0 aromatic heterocycles. The standard InChI is InChI=1S/C56H36/c1-33-17-9-11-23-37(33)49-41-27-15-16-28-42(41)50(38-24-12-10-18-34(38)2)56-46-32-30-44-51-43(29-31-45(52(46)51)55(49)56)53-47(35-19-5-3-6-20-35)39-25-13-14-26-40(39)48(54(44)53)36-21-7-4-8-22-36/h3-32H,1-2H3. The summed E-state index contributed by atoms with van der Waals surface area (Å²) in [6.07, 6.45) is 0. The van der Waals surface area contributed by atoms with Crippen molar-refractivity contribution in [2.45, 2.75) is 13.8 Å². The summed E-state index contributed by atoms with van der Waals surface area (Å²) in [6, 6.07) is 67.9. The van der Waals surface area contributed by atoms with Crippen LogP contribution in [0.5, 0.6) is 0 Å². The first kappa shape index (κ1) is 31.3. The maximum absolute atomic E-state index is 2.45. The second-order valence-corrected chi connectivity index (χ2v) is 15.5. The highest BCUT2D eigenvalue weighted by atomic mass is 14.4. The highest BCUT2D eigenvalue weighted by Crippen LogP contribution is 2.64. The van der Waals surface area contributed by atoms with Crippen molar-refractivity contribution < 1.29 is 0 Å². The van der Waals surface area contributed by atoms with Gasteiger partial charge in [-0.3, -0.25) is 0 Å². The molecule has 0 amide bonds. The molecule has 0 saturated carbocycles. The van der Waals surface area contributed by atoms with Crippen LogP contribution in [0.15, 0.2) is 182 Å². The molecular weight excluding hydrogens is 673 g/mol. The Balaban J connectivity index is 1.29. The second kappa shape index (κ2) is 11.7. The van der Waals surface area contributed by atoms with Crippen LogP contribution in [-0.2, 0) is 0 Å². The predicted molar refractivity (Wildman–Crippen MR) is 239 cm³/mol. The van der Waals surface area contributed by atoms with E-state index in [9.17, 15) is 0 Å². The Morgan fingerprint density at radius 3 is 0.857 bits per heavy atom. The third kappa shape index (κ3) is 4.14. The molecule has 2 aliphatic rings. The molecule has 0 bridgehead atoms. The normalized spacial score (nSPS) is 12.1. The minimum absolute atomic E-state index is 1.25. The van der Waals surface area contributed by atoms with Crippen molar-refractivity contribution in [1.82, 2.24) is 0 Å². The zero-order valence-electron chi connectivity index (χ0n) is 31.3. The lowest BCUT2D eigenvalue weighted by molar-refractivity contribution is 1.46. The van der Waals surface area contributed by atoms with Crippen molar-refractivity contribution in [3.05, 3.63) is 193 Å². The van der Waals surface area contributed by atoms with Crippen LogP contribution in [-0.4, -0.2) is 0 Å². The van der Waals surface area contributed by atoms with Gasteiger partial charge in [0.1, 0.15) is 0 Å². The average Bonchev–Trinajstić information content (AvgIpc) is 3.75. The molecule has 12 rings (SSSR count). The van der Waals surface area contributed by atoms with Crippen LogP contribution in [0.25, 0.3) is 121 Å². The Hall–Kier alpha value is -7.02. The van der Waals surface area contributed by atoms with Crippen LogP contribution in [0.4, 0.5) is 0 Å². The topological polar surface area (TPSA) is 0 Å². The summed E-state index contributed by atoms with van der Waals surface area (Å²) in [4.78, 5) is 0. The highest BCUT2D eigenvalue weighted by molar-refractivity contribution is 6.35. The molecule has 0 fully saturated rings. The summed E-state index contributed by atoms with van der Waals surface area (Å²) >= 11 is 0. The Bertz CT molecular complexity index is 3080. The van der Waals surface area contributed by atoms with Gasteiger partial charge >= 0.3 is 0 Å². The van der Waals surface area contributed by atoms with Crippen LogP contribution >= 0.6 is 0 Å². The lowest BCUT2D eigenvalue weighted by Gasteiger charge is -2.22. The van der Waals surface area contributed by atoms with Crippen molar-refractivity contribution in [2.75, 3.05) is 0 Å². The van der Waals surface area contributed by atoms with E-state index in [4.69, 9.17) is 0 Å². The molecular formula is C56H36. The van der Waals surface area contributed by atoms with E-state index in [1.54, 1.807) is 0 Å². The number of hydrogen-bond acceptors (Lipinski definition) is 0. The van der Waals surface area contributed by atoms with E-state index in [0.29, 0.717) is 0 Å². The zero-order valence-corrected chi connectivity index (χ0v) is 31.3. The number of aryl methyl sites for hydroxylation is 2. The lowest BCUT2D eigenvalue weighted by atomic mass is 9.80. The molecule has 0 atom stereocenters. The fraction of sp³-hybridized carbons (Fsp3) is 0.0357. The first-order valence-electron chi connectivity index (χ1n) is 19.7. The Kier molecular flexibility index (Phi) is 6.57. The summed E-state index contributed by atoms with van der Waals surface area (Å²) in [5.74, 6) is 0. The van der Waals surface area contributed by atoms with Gasteiger partial charge in [0.05, 0.1) is 0 Å². The van der Waals surface area contributed by atoms with Crippen molar-refractivity contribution in [3.63, 3.8) is 0 Å². The zero-order chi connectivity index (χ0) is 37.1. The van der Waals surface area contributed by atoms with Gasteiger partial charge in [-0.25, -0.2) is 0 Å². The van der Waals surface area contributed by atoms with E-state index < -0.39 is 0 Å². The van der Waals surface area contributed by atoms with Crippen LogP contribution in [0.1, 0.15) is 11.1 Å². The maximum Gasteiger partial charge on any atom is -0.000730 e. The Morgan fingerprint density at radius 2 is 0.500 bits per heavy atom. The molecule has 0 radical (unpaired) electrons. The quantitative estimate of drug-likeness (QED) is 0.171. The van der Waals surface area contributed by atoms with Gasteiger partial charge in [-0.1, -0.05) is 182 Å². The molecule has 0 heterocycles.